The molecule has 0 unspecified atom stereocenters. The van der Waals surface area contributed by atoms with E-state index in [1.54, 1.807) is 6.07 Å². The van der Waals surface area contributed by atoms with Crippen LogP contribution in [0.15, 0.2) is 24.3 Å². The van der Waals surface area contributed by atoms with E-state index in [0.717, 1.165) is 5.56 Å². The van der Waals surface area contributed by atoms with Crippen molar-refractivity contribution in [1.29, 1.82) is 0 Å². The van der Waals surface area contributed by atoms with Gasteiger partial charge in [-0.05, 0) is 16.4 Å². The Morgan fingerprint density at radius 3 is 2.00 bits per heavy atom. The molecular weight excluding hydrogens is 163 g/mol. The largest absolute Gasteiger partial charge is 0.488 e. The molecule has 0 spiro atoms. The summed E-state index contributed by atoms with van der Waals surface area (Å²) in [5.41, 5.74) is 1.51. The molecule has 3 heteroatoms. The molecule has 2 nitrogen and oxygen atoms in total. The minimum absolute atomic E-state index is 0.0553. The molecule has 0 aliphatic heterocycles. The summed E-state index contributed by atoms with van der Waals surface area (Å²) in [7, 11) is -1.38. The van der Waals surface area contributed by atoms with Crippen molar-refractivity contribution in [3.05, 3.63) is 29.8 Å². The van der Waals surface area contributed by atoms with E-state index in [1.807, 2.05) is 39.0 Å². The predicted octanol–water partition coefficient (Wildman–Crippen LogP) is 0.664. The summed E-state index contributed by atoms with van der Waals surface area (Å²) in [6.07, 6.45) is 0. The van der Waals surface area contributed by atoms with E-state index in [-0.39, 0.29) is 5.41 Å². The van der Waals surface area contributed by atoms with Crippen LogP contribution in [0.25, 0.3) is 0 Å². The molecule has 0 bridgehead atoms. The molecule has 0 aromatic heterocycles. The molecule has 1 aromatic rings. The molecule has 0 atom stereocenters. The Morgan fingerprint density at radius 2 is 1.62 bits per heavy atom. The Hall–Kier alpha value is -0.795. The van der Waals surface area contributed by atoms with Crippen LogP contribution in [0, 0.1) is 0 Å². The third-order valence-corrected chi connectivity index (χ3v) is 2.05. The first-order valence-electron chi connectivity index (χ1n) is 4.38. The molecule has 0 aliphatic carbocycles. The summed E-state index contributed by atoms with van der Waals surface area (Å²) in [5, 5.41) is 18.2. The van der Waals surface area contributed by atoms with E-state index in [0.29, 0.717) is 5.46 Å². The normalized spacial score (nSPS) is 11.5. The molecule has 1 rings (SSSR count). The van der Waals surface area contributed by atoms with E-state index in [2.05, 4.69) is 0 Å². The van der Waals surface area contributed by atoms with Gasteiger partial charge in [-0.2, -0.15) is 0 Å². The molecule has 0 heterocycles. The van der Waals surface area contributed by atoms with E-state index in [4.69, 9.17) is 10.0 Å². The van der Waals surface area contributed by atoms with Crippen molar-refractivity contribution in [2.75, 3.05) is 0 Å². The summed E-state index contributed by atoms with van der Waals surface area (Å²) >= 11 is 0. The maximum Gasteiger partial charge on any atom is 0.488 e. The van der Waals surface area contributed by atoms with Crippen LogP contribution in [0.1, 0.15) is 26.3 Å². The average Bonchev–Trinajstić information content (AvgIpc) is 2.03. The quantitative estimate of drug-likeness (QED) is 0.620. The molecule has 0 saturated carbocycles. The SMILES string of the molecule is CC(C)(C)c1ccccc1B(O)O. The Balaban J connectivity index is 3.20. The van der Waals surface area contributed by atoms with Crippen molar-refractivity contribution in [1.82, 2.24) is 0 Å². The number of benzene rings is 1. The smallest absolute Gasteiger partial charge is 0.423 e. The minimum atomic E-state index is -1.38. The Labute approximate surface area is 79.4 Å². The van der Waals surface area contributed by atoms with Gasteiger partial charge in [0.25, 0.3) is 0 Å². The molecule has 1 aromatic carbocycles. The van der Waals surface area contributed by atoms with E-state index >= 15 is 0 Å². The van der Waals surface area contributed by atoms with Gasteiger partial charge in [-0.15, -0.1) is 0 Å². The lowest BCUT2D eigenvalue weighted by atomic mass is 9.70. The zero-order valence-electron chi connectivity index (χ0n) is 8.28. The van der Waals surface area contributed by atoms with Gasteiger partial charge in [-0.1, -0.05) is 45.0 Å². The van der Waals surface area contributed by atoms with Gasteiger partial charge in [0.2, 0.25) is 0 Å². The summed E-state index contributed by atoms with van der Waals surface area (Å²) in [6, 6.07) is 7.39. The van der Waals surface area contributed by atoms with Crippen LogP contribution in [0.5, 0.6) is 0 Å². The van der Waals surface area contributed by atoms with Crippen molar-refractivity contribution in [3.8, 4) is 0 Å². The number of hydrogen-bond acceptors (Lipinski definition) is 2. The Kier molecular flexibility index (Phi) is 2.79. The van der Waals surface area contributed by atoms with Crippen LogP contribution in [0.3, 0.4) is 0 Å². The van der Waals surface area contributed by atoms with Gasteiger partial charge in [0.05, 0.1) is 0 Å². The van der Waals surface area contributed by atoms with E-state index in [9.17, 15) is 0 Å². The van der Waals surface area contributed by atoms with Crippen LogP contribution in [-0.2, 0) is 5.41 Å². The van der Waals surface area contributed by atoms with Gasteiger partial charge in [-0.25, -0.2) is 0 Å². The lowest BCUT2D eigenvalue weighted by Gasteiger charge is -2.22. The highest BCUT2D eigenvalue weighted by atomic mass is 16.4. The van der Waals surface area contributed by atoms with Gasteiger partial charge in [0.15, 0.2) is 0 Å². The second kappa shape index (κ2) is 3.52. The predicted molar refractivity (Wildman–Crippen MR) is 55.0 cm³/mol. The number of rotatable bonds is 1. The van der Waals surface area contributed by atoms with Gasteiger partial charge in [0.1, 0.15) is 0 Å². The van der Waals surface area contributed by atoms with Crippen LogP contribution in [-0.4, -0.2) is 17.2 Å². The second-order valence-corrected chi connectivity index (χ2v) is 4.21. The molecule has 0 fully saturated rings. The highest BCUT2D eigenvalue weighted by Crippen LogP contribution is 2.19. The highest BCUT2D eigenvalue weighted by molar-refractivity contribution is 6.59. The molecule has 0 radical (unpaired) electrons. The lowest BCUT2D eigenvalue weighted by molar-refractivity contribution is 0.424. The van der Waals surface area contributed by atoms with E-state index in [1.165, 1.54) is 0 Å². The van der Waals surface area contributed by atoms with E-state index < -0.39 is 7.12 Å². The molecule has 0 aliphatic rings. The standard InChI is InChI=1S/C10H15BO2/c1-10(2,3)8-6-4-5-7-9(8)11(12)13/h4-7,12-13H,1-3H3. The molecular formula is C10H15BO2. The topological polar surface area (TPSA) is 40.5 Å². The van der Waals surface area contributed by atoms with Crippen LogP contribution >= 0.6 is 0 Å². The van der Waals surface area contributed by atoms with Gasteiger partial charge in [0, 0.05) is 0 Å². The number of hydrogen-bond donors (Lipinski definition) is 2. The zero-order valence-corrected chi connectivity index (χ0v) is 8.28. The third kappa shape index (κ3) is 2.33. The van der Waals surface area contributed by atoms with Crippen molar-refractivity contribution in [3.63, 3.8) is 0 Å². The lowest BCUT2D eigenvalue weighted by Crippen LogP contribution is -2.36. The van der Waals surface area contributed by atoms with Gasteiger partial charge < -0.3 is 10.0 Å². The molecule has 13 heavy (non-hydrogen) atoms. The van der Waals surface area contributed by atoms with Crippen molar-refractivity contribution in [2.45, 2.75) is 26.2 Å². The third-order valence-electron chi connectivity index (χ3n) is 2.05. The fourth-order valence-corrected chi connectivity index (χ4v) is 1.41. The van der Waals surface area contributed by atoms with Crippen molar-refractivity contribution in [2.24, 2.45) is 0 Å². The van der Waals surface area contributed by atoms with Crippen LogP contribution in [0.4, 0.5) is 0 Å². The monoisotopic (exact) mass is 178 g/mol. The summed E-state index contributed by atoms with van der Waals surface area (Å²) < 4.78 is 0. The highest BCUT2D eigenvalue weighted by Gasteiger charge is 2.22. The Morgan fingerprint density at radius 1 is 1.08 bits per heavy atom. The zero-order chi connectivity index (χ0) is 10.1. The van der Waals surface area contributed by atoms with Gasteiger partial charge in [-0.3, -0.25) is 0 Å². The maximum absolute atomic E-state index is 9.12. The Bertz CT molecular complexity index is 289. The fraction of sp³-hybridized carbons (Fsp3) is 0.400. The second-order valence-electron chi connectivity index (χ2n) is 4.21. The summed E-state index contributed by atoms with van der Waals surface area (Å²) in [6.45, 7) is 6.15. The summed E-state index contributed by atoms with van der Waals surface area (Å²) in [5.74, 6) is 0. The summed E-state index contributed by atoms with van der Waals surface area (Å²) in [4.78, 5) is 0. The fourth-order valence-electron chi connectivity index (χ4n) is 1.41. The van der Waals surface area contributed by atoms with Crippen LogP contribution < -0.4 is 5.46 Å². The first-order valence-corrected chi connectivity index (χ1v) is 4.38. The minimum Gasteiger partial charge on any atom is -0.423 e. The van der Waals surface area contributed by atoms with Crippen molar-refractivity contribution < 1.29 is 10.0 Å². The molecule has 0 saturated heterocycles. The first-order chi connectivity index (χ1) is 5.93. The van der Waals surface area contributed by atoms with Gasteiger partial charge >= 0.3 is 7.12 Å². The molecule has 70 valence electrons. The average molecular weight is 178 g/mol. The molecule has 2 N–H and O–H groups in total. The van der Waals surface area contributed by atoms with Crippen molar-refractivity contribution >= 4 is 12.6 Å². The van der Waals surface area contributed by atoms with Crippen LogP contribution in [0.2, 0.25) is 0 Å². The first kappa shape index (κ1) is 10.3. The maximum atomic E-state index is 9.12. The molecule has 0 amide bonds.